The molecule has 1 aromatic heterocycles. The third kappa shape index (κ3) is 3.62. The monoisotopic (exact) mass is 362 g/mol. The Kier molecular flexibility index (Phi) is 5.21. The van der Waals surface area contributed by atoms with E-state index < -0.39 is 0 Å². The summed E-state index contributed by atoms with van der Waals surface area (Å²) in [7, 11) is 0. The number of carbonyl (C=O) groups is 2. The van der Waals surface area contributed by atoms with Gasteiger partial charge in [0.05, 0.1) is 4.88 Å². The van der Waals surface area contributed by atoms with Gasteiger partial charge in [0.15, 0.2) is 0 Å². The van der Waals surface area contributed by atoms with Crippen LogP contribution in [0.2, 0.25) is 5.02 Å². The van der Waals surface area contributed by atoms with Gasteiger partial charge >= 0.3 is 0 Å². The first-order valence-electron chi connectivity index (χ1n) is 7.99. The number of nitrogens with zero attached hydrogens (tertiary/aromatic N) is 1. The first kappa shape index (κ1) is 17.0. The summed E-state index contributed by atoms with van der Waals surface area (Å²) in [6, 6.07) is 9.39. The van der Waals surface area contributed by atoms with Gasteiger partial charge in [-0.25, -0.2) is 0 Å². The molecule has 24 heavy (non-hydrogen) atoms. The maximum absolute atomic E-state index is 12.4. The maximum atomic E-state index is 12.4. The zero-order valence-electron chi connectivity index (χ0n) is 13.5. The van der Waals surface area contributed by atoms with Gasteiger partial charge in [0, 0.05) is 36.0 Å². The predicted octanol–water partition coefficient (Wildman–Crippen LogP) is 3.63. The van der Waals surface area contributed by atoms with Gasteiger partial charge in [0.1, 0.15) is 0 Å². The van der Waals surface area contributed by atoms with Gasteiger partial charge in [-0.15, -0.1) is 11.3 Å². The van der Waals surface area contributed by atoms with Crippen LogP contribution in [0.5, 0.6) is 0 Å². The van der Waals surface area contributed by atoms with E-state index in [1.807, 2.05) is 42.2 Å². The molecular formula is C18H19ClN2O2S. The Morgan fingerprint density at radius 2 is 2.12 bits per heavy atom. The standard InChI is InChI=1S/C18H19ClN2O2S/c1-2-17(22)21-8-7-15-13(11-21)9-16(24-15)18(23)20-10-12-5-3-4-6-14(12)19/h3-6,9H,2,7-8,10-11H2,1H3,(H,20,23). The Balaban J connectivity index is 1.66. The predicted molar refractivity (Wildman–Crippen MR) is 96.4 cm³/mol. The van der Waals surface area contributed by atoms with Gasteiger partial charge in [-0.3, -0.25) is 9.59 Å². The van der Waals surface area contributed by atoms with Crippen LogP contribution in [0.3, 0.4) is 0 Å². The molecule has 0 atom stereocenters. The summed E-state index contributed by atoms with van der Waals surface area (Å²) in [6.45, 7) is 3.62. The van der Waals surface area contributed by atoms with E-state index in [-0.39, 0.29) is 11.8 Å². The van der Waals surface area contributed by atoms with E-state index >= 15 is 0 Å². The van der Waals surface area contributed by atoms with Crippen LogP contribution in [-0.4, -0.2) is 23.3 Å². The molecule has 0 unspecified atom stereocenters. The summed E-state index contributed by atoms with van der Waals surface area (Å²) in [5.74, 6) is 0.0688. The SMILES string of the molecule is CCC(=O)N1CCc2sc(C(=O)NCc3ccccc3Cl)cc2C1. The van der Waals surface area contributed by atoms with Crippen molar-refractivity contribution in [2.75, 3.05) is 6.54 Å². The lowest BCUT2D eigenvalue weighted by molar-refractivity contribution is -0.131. The van der Waals surface area contributed by atoms with Gasteiger partial charge < -0.3 is 10.2 Å². The average molecular weight is 363 g/mol. The number of halogens is 1. The molecule has 1 aromatic carbocycles. The fourth-order valence-electron chi connectivity index (χ4n) is 2.79. The fourth-order valence-corrected chi connectivity index (χ4v) is 4.07. The van der Waals surface area contributed by atoms with E-state index in [1.54, 1.807) is 0 Å². The first-order chi connectivity index (χ1) is 11.6. The van der Waals surface area contributed by atoms with Gasteiger partial charge in [-0.2, -0.15) is 0 Å². The third-order valence-electron chi connectivity index (χ3n) is 4.14. The highest BCUT2D eigenvalue weighted by Crippen LogP contribution is 2.28. The Morgan fingerprint density at radius 3 is 2.88 bits per heavy atom. The number of amides is 2. The number of thiophene rings is 1. The topological polar surface area (TPSA) is 49.4 Å². The molecule has 1 N–H and O–H groups in total. The highest BCUT2D eigenvalue weighted by Gasteiger charge is 2.23. The summed E-state index contributed by atoms with van der Waals surface area (Å²) < 4.78 is 0. The lowest BCUT2D eigenvalue weighted by Crippen LogP contribution is -2.34. The molecule has 0 aliphatic carbocycles. The molecule has 1 aliphatic heterocycles. The quantitative estimate of drug-likeness (QED) is 0.902. The molecule has 3 rings (SSSR count). The first-order valence-corrected chi connectivity index (χ1v) is 9.19. The van der Waals surface area contributed by atoms with Crippen molar-refractivity contribution < 1.29 is 9.59 Å². The van der Waals surface area contributed by atoms with E-state index in [0.717, 1.165) is 24.1 Å². The van der Waals surface area contributed by atoms with Gasteiger partial charge in [0.25, 0.3) is 5.91 Å². The van der Waals surface area contributed by atoms with Crippen LogP contribution >= 0.6 is 22.9 Å². The minimum atomic E-state index is -0.0947. The summed E-state index contributed by atoms with van der Waals surface area (Å²) >= 11 is 7.63. The minimum Gasteiger partial charge on any atom is -0.347 e. The fraction of sp³-hybridized carbons (Fsp3) is 0.333. The van der Waals surface area contributed by atoms with E-state index in [0.29, 0.717) is 29.4 Å². The van der Waals surface area contributed by atoms with Crippen LogP contribution in [-0.2, 0) is 24.3 Å². The molecule has 4 nitrogen and oxygen atoms in total. The molecule has 0 saturated heterocycles. The van der Waals surface area contributed by atoms with Crippen LogP contribution in [0.1, 0.15) is 39.0 Å². The van der Waals surface area contributed by atoms with E-state index in [4.69, 9.17) is 11.6 Å². The van der Waals surface area contributed by atoms with E-state index in [2.05, 4.69) is 5.32 Å². The molecule has 2 amide bonds. The van der Waals surface area contributed by atoms with Crippen molar-refractivity contribution in [3.8, 4) is 0 Å². The van der Waals surface area contributed by atoms with Gasteiger partial charge in [0.2, 0.25) is 5.91 Å². The lowest BCUT2D eigenvalue weighted by Gasteiger charge is -2.26. The number of carbonyl (C=O) groups excluding carboxylic acids is 2. The van der Waals surface area contributed by atoms with Crippen molar-refractivity contribution >= 4 is 34.8 Å². The number of benzene rings is 1. The summed E-state index contributed by atoms with van der Waals surface area (Å²) in [5, 5.41) is 3.57. The van der Waals surface area contributed by atoms with E-state index in [1.165, 1.54) is 16.2 Å². The molecule has 0 radical (unpaired) electrons. The van der Waals surface area contributed by atoms with Gasteiger partial charge in [-0.05, 0) is 29.7 Å². The second-order valence-electron chi connectivity index (χ2n) is 5.75. The average Bonchev–Trinajstić information content (AvgIpc) is 3.03. The molecule has 6 heteroatoms. The summed E-state index contributed by atoms with van der Waals surface area (Å²) in [4.78, 5) is 28.0. The van der Waals surface area contributed by atoms with Crippen LogP contribution in [0, 0.1) is 0 Å². The van der Waals surface area contributed by atoms with Crippen molar-refractivity contribution in [3.05, 3.63) is 56.2 Å². The smallest absolute Gasteiger partial charge is 0.261 e. The highest BCUT2D eigenvalue weighted by atomic mass is 35.5. The Hall–Kier alpha value is -1.85. The summed E-state index contributed by atoms with van der Waals surface area (Å²) in [5.41, 5.74) is 1.99. The van der Waals surface area contributed by atoms with Crippen molar-refractivity contribution in [1.82, 2.24) is 10.2 Å². The molecule has 0 spiro atoms. The summed E-state index contributed by atoms with van der Waals surface area (Å²) in [6.07, 6.45) is 1.34. The van der Waals surface area contributed by atoms with Crippen LogP contribution in [0.4, 0.5) is 0 Å². The third-order valence-corrected chi connectivity index (χ3v) is 5.75. The number of hydrogen-bond donors (Lipinski definition) is 1. The second kappa shape index (κ2) is 7.36. The Bertz CT molecular complexity index is 772. The lowest BCUT2D eigenvalue weighted by atomic mass is 10.1. The number of fused-ring (bicyclic) bond motifs is 1. The number of nitrogens with one attached hydrogen (secondary N) is 1. The molecule has 0 fully saturated rings. The molecule has 0 bridgehead atoms. The van der Waals surface area contributed by atoms with Crippen molar-refractivity contribution in [1.29, 1.82) is 0 Å². The molecular weight excluding hydrogens is 344 g/mol. The number of hydrogen-bond acceptors (Lipinski definition) is 3. The van der Waals surface area contributed by atoms with Crippen LogP contribution in [0.25, 0.3) is 0 Å². The van der Waals surface area contributed by atoms with Crippen LogP contribution in [0.15, 0.2) is 30.3 Å². The molecule has 0 saturated carbocycles. The molecule has 1 aliphatic rings. The van der Waals surface area contributed by atoms with E-state index in [9.17, 15) is 9.59 Å². The van der Waals surface area contributed by atoms with Crippen molar-refractivity contribution in [2.45, 2.75) is 32.9 Å². The molecule has 2 heterocycles. The normalized spacial score (nSPS) is 13.5. The Labute approximate surface area is 150 Å². The Morgan fingerprint density at radius 1 is 1.33 bits per heavy atom. The molecule has 2 aromatic rings. The zero-order chi connectivity index (χ0) is 17.1. The van der Waals surface area contributed by atoms with Crippen molar-refractivity contribution in [2.24, 2.45) is 0 Å². The maximum Gasteiger partial charge on any atom is 0.261 e. The van der Waals surface area contributed by atoms with Crippen LogP contribution < -0.4 is 5.32 Å². The number of rotatable bonds is 4. The highest BCUT2D eigenvalue weighted by molar-refractivity contribution is 7.14. The molecule has 126 valence electrons. The minimum absolute atomic E-state index is 0.0947. The van der Waals surface area contributed by atoms with Crippen molar-refractivity contribution in [3.63, 3.8) is 0 Å². The second-order valence-corrected chi connectivity index (χ2v) is 7.30. The zero-order valence-corrected chi connectivity index (χ0v) is 15.0. The van der Waals surface area contributed by atoms with Gasteiger partial charge in [-0.1, -0.05) is 36.7 Å². The largest absolute Gasteiger partial charge is 0.347 e.